The number of hydrogen-bond acceptors (Lipinski definition) is 6. The van der Waals surface area contributed by atoms with E-state index in [4.69, 9.17) is 4.74 Å². The summed E-state index contributed by atoms with van der Waals surface area (Å²) < 4.78 is 23.3. The number of fused-ring (bicyclic) bond motifs is 2. The maximum atomic E-state index is 13.9. The number of nitrogens with zero attached hydrogens (tertiary/aromatic N) is 6. The maximum absolute atomic E-state index is 13.9. The van der Waals surface area contributed by atoms with Crippen LogP contribution in [-0.2, 0) is 31.0 Å². The molecule has 0 spiro atoms. The van der Waals surface area contributed by atoms with E-state index in [1.165, 1.54) is 11.1 Å². The standard InChI is InChI=1S/C29H29FN8O/c1-18(28-14-29(30,15-28)16-28)32-7-23-2-19-6-33-24(4-26(19)35-23)11-38-17-34-27(36-38)20-3-25(8-31-5-20)37-9-21-12-39-13-22(21)10-37/h2-6,8-10,17-18,32,35H,7,11-16H2,1H3. The molecule has 6 heterocycles. The van der Waals surface area contributed by atoms with Crippen molar-refractivity contribution in [3.05, 3.63) is 78.0 Å². The first-order valence-corrected chi connectivity index (χ1v) is 13.5. The fourth-order valence-corrected chi connectivity index (χ4v) is 6.57. The summed E-state index contributed by atoms with van der Waals surface area (Å²) >= 11 is 0. The first kappa shape index (κ1) is 23.0. The summed E-state index contributed by atoms with van der Waals surface area (Å²) in [7, 11) is 0. The highest BCUT2D eigenvalue weighted by Gasteiger charge is 2.70. The molecule has 1 atom stereocenters. The number of pyridine rings is 2. The summed E-state index contributed by atoms with van der Waals surface area (Å²) in [6.07, 6.45) is 13.6. The van der Waals surface area contributed by atoms with Gasteiger partial charge < -0.3 is 19.6 Å². The molecule has 2 N–H and O–H groups in total. The van der Waals surface area contributed by atoms with Crippen LogP contribution >= 0.6 is 0 Å². The molecular formula is C29H29FN8O. The number of aromatic amines is 1. The molecule has 9 nitrogen and oxygen atoms in total. The minimum Gasteiger partial charge on any atom is -0.372 e. The smallest absolute Gasteiger partial charge is 0.182 e. The molecule has 0 saturated heterocycles. The fraction of sp³-hybridized carbons (Fsp3) is 0.379. The predicted octanol–water partition coefficient (Wildman–Crippen LogP) is 4.46. The average Bonchev–Trinajstić information content (AvgIpc) is 3.68. The molecule has 1 aliphatic heterocycles. The Bertz CT molecular complexity index is 1680. The monoisotopic (exact) mass is 524 g/mol. The second kappa shape index (κ2) is 8.30. The lowest BCUT2D eigenvalue weighted by atomic mass is 9.40. The number of rotatable bonds is 8. The third kappa shape index (κ3) is 3.89. The van der Waals surface area contributed by atoms with E-state index in [0.29, 0.717) is 50.9 Å². The summed E-state index contributed by atoms with van der Waals surface area (Å²) in [5, 5.41) is 9.36. The second-order valence-corrected chi connectivity index (χ2v) is 11.6. The maximum Gasteiger partial charge on any atom is 0.182 e. The average molecular weight is 525 g/mol. The number of ether oxygens (including phenoxy) is 1. The van der Waals surface area contributed by atoms with E-state index < -0.39 is 5.67 Å². The van der Waals surface area contributed by atoms with Crippen molar-refractivity contribution in [1.29, 1.82) is 0 Å². The highest BCUT2D eigenvalue weighted by atomic mass is 19.1. The first-order chi connectivity index (χ1) is 18.9. The van der Waals surface area contributed by atoms with Crippen LogP contribution in [0.3, 0.4) is 0 Å². The van der Waals surface area contributed by atoms with Crippen LogP contribution in [0.25, 0.3) is 28.0 Å². The summed E-state index contributed by atoms with van der Waals surface area (Å²) in [6, 6.07) is 6.55. The van der Waals surface area contributed by atoms with Gasteiger partial charge in [0.25, 0.3) is 0 Å². The number of hydrogen-bond donors (Lipinski definition) is 2. The van der Waals surface area contributed by atoms with Gasteiger partial charge in [0.05, 0.1) is 37.3 Å². The van der Waals surface area contributed by atoms with Gasteiger partial charge in [0.15, 0.2) is 5.82 Å². The van der Waals surface area contributed by atoms with Crippen LogP contribution in [0.15, 0.2) is 55.5 Å². The van der Waals surface area contributed by atoms with Gasteiger partial charge in [-0.2, -0.15) is 5.10 Å². The zero-order valence-electron chi connectivity index (χ0n) is 21.7. The van der Waals surface area contributed by atoms with Gasteiger partial charge in [-0.3, -0.25) is 9.97 Å². The van der Waals surface area contributed by atoms with E-state index in [9.17, 15) is 4.39 Å². The lowest BCUT2D eigenvalue weighted by molar-refractivity contribution is -0.226. The molecule has 2 bridgehead atoms. The van der Waals surface area contributed by atoms with Crippen molar-refractivity contribution in [2.45, 2.75) is 64.2 Å². The quantitative estimate of drug-likeness (QED) is 0.311. The Morgan fingerprint density at radius 3 is 2.69 bits per heavy atom. The summed E-state index contributed by atoms with van der Waals surface area (Å²) in [5.41, 5.74) is 6.61. The molecular weight excluding hydrogens is 495 g/mol. The minimum absolute atomic E-state index is 0.168. The van der Waals surface area contributed by atoms with Crippen LogP contribution < -0.4 is 5.32 Å². The molecule has 4 aliphatic rings. The van der Waals surface area contributed by atoms with Crippen LogP contribution in [0.4, 0.5) is 4.39 Å². The van der Waals surface area contributed by atoms with Crippen LogP contribution in [0, 0.1) is 5.41 Å². The van der Waals surface area contributed by atoms with Crippen LogP contribution in [-0.4, -0.2) is 46.0 Å². The molecule has 9 rings (SSSR count). The molecule has 0 aromatic carbocycles. The lowest BCUT2D eigenvalue weighted by Gasteiger charge is -2.68. The van der Waals surface area contributed by atoms with E-state index in [2.05, 4.69) is 66.4 Å². The Kier molecular flexibility index (Phi) is 4.90. The molecule has 3 fully saturated rings. The van der Waals surface area contributed by atoms with E-state index in [-0.39, 0.29) is 5.41 Å². The van der Waals surface area contributed by atoms with Gasteiger partial charge in [0, 0.05) is 70.7 Å². The fourth-order valence-electron chi connectivity index (χ4n) is 6.57. The van der Waals surface area contributed by atoms with Crippen LogP contribution in [0.5, 0.6) is 0 Å². The van der Waals surface area contributed by atoms with Gasteiger partial charge in [-0.1, -0.05) is 0 Å². The Hall–Kier alpha value is -3.89. The molecule has 198 valence electrons. The Morgan fingerprint density at radius 2 is 1.90 bits per heavy atom. The number of halogens is 1. The number of H-pyrrole nitrogens is 1. The zero-order chi connectivity index (χ0) is 26.2. The van der Waals surface area contributed by atoms with Crippen molar-refractivity contribution in [3.63, 3.8) is 0 Å². The number of aromatic nitrogens is 7. The topological polar surface area (TPSA) is 98.5 Å². The van der Waals surface area contributed by atoms with Gasteiger partial charge >= 0.3 is 0 Å². The molecule has 3 aliphatic carbocycles. The lowest BCUT2D eigenvalue weighted by Crippen LogP contribution is -2.70. The second-order valence-electron chi connectivity index (χ2n) is 11.6. The van der Waals surface area contributed by atoms with Crippen molar-refractivity contribution >= 4 is 10.9 Å². The van der Waals surface area contributed by atoms with Crippen LogP contribution in [0.2, 0.25) is 0 Å². The highest BCUT2D eigenvalue weighted by molar-refractivity contribution is 5.79. The Morgan fingerprint density at radius 1 is 1.08 bits per heavy atom. The molecule has 0 radical (unpaired) electrons. The summed E-state index contributed by atoms with van der Waals surface area (Å²) in [5.74, 6) is 0.623. The van der Waals surface area contributed by atoms with Crippen molar-refractivity contribution in [2.75, 3.05) is 0 Å². The number of nitrogens with one attached hydrogen (secondary N) is 2. The molecule has 39 heavy (non-hydrogen) atoms. The van der Waals surface area contributed by atoms with Crippen molar-refractivity contribution < 1.29 is 9.13 Å². The van der Waals surface area contributed by atoms with E-state index in [1.807, 2.05) is 18.5 Å². The van der Waals surface area contributed by atoms with Crippen molar-refractivity contribution in [1.82, 2.24) is 39.6 Å². The Balaban J connectivity index is 0.949. The van der Waals surface area contributed by atoms with Crippen molar-refractivity contribution in [2.24, 2.45) is 5.41 Å². The van der Waals surface area contributed by atoms with Gasteiger partial charge in [0.2, 0.25) is 0 Å². The Labute approximate surface area is 224 Å². The minimum atomic E-state index is -0.857. The highest BCUT2D eigenvalue weighted by Crippen LogP contribution is 2.70. The third-order valence-electron chi connectivity index (χ3n) is 8.80. The summed E-state index contributed by atoms with van der Waals surface area (Å²) in [4.78, 5) is 17.1. The first-order valence-electron chi connectivity index (χ1n) is 13.5. The largest absolute Gasteiger partial charge is 0.372 e. The molecule has 5 aromatic rings. The van der Waals surface area contributed by atoms with Gasteiger partial charge in [-0.25, -0.2) is 14.1 Å². The van der Waals surface area contributed by atoms with E-state index >= 15 is 0 Å². The van der Waals surface area contributed by atoms with E-state index in [0.717, 1.165) is 40.1 Å². The normalized spacial score (nSPS) is 23.9. The molecule has 0 amide bonds. The molecule has 1 unspecified atom stereocenters. The van der Waals surface area contributed by atoms with Gasteiger partial charge in [0.1, 0.15) is 12.0 Å². The third-order valence-corrected chi connectivity index (χ3v) is 8.80. The van der Waals surface area contributed by atoms with Gasteiger partial charge in [-0.05, 0) is 49.8 Å². The zero-order valence-corrected chi connectivity index (χ0v) is 21.7. The SMILES string of the molecule is CC(NCc1cc2cnc(Cn3cnc(-c4cncc(-n5cc6c(c5)COC6)c4)n3)cc2[nH]1)C12CC(F)(C1)C2. The summed E-state index contributed by atoms with van der Waals surface area (Å²) in [6.45, 7) is 4.73. The molecule has 5 aromatic heterocycles. The predicted molar refractivity (Wildman–Crippen MR) is 143 cm³/mol. The van der Waals surface area contributed by atoms with E-state index in [1.54, 1.807) is 17.2 Å². The number of alkyl halides is 1. The molecule has 10 heteroatoms. The molecule has 3 saturated carbocycles. The van der Waals surface area contributed by atoms with Gasteiger partial charge in [-0.15, -0.1) is 0 Å². The van der Waals surface area contributed by atoms with Crippen molar-refractivity contribution in [3.8, 4) is 17.1 Å². The van der Waals surface area contributed by atoms with Crippen LogP contribution in [0.1, 0.15) is 48.7 Å².